The third-order valence-electron chi connectivity index (χ3n) is 6.01. The predicted octanol–water partition coefficient (Wildman–Crippen LogP) is 2.93. The van der Waals surface area contributed by atoms with E-state index >= 15 is 0 Å². The van der Waals surface area contributed by atoms with Gasteiger partial charge in [0, 0.05) is 42.9 Å². The van der Waals surface area contributed by atoms with E-state index in [0.29, 0.717) is 12.6 Å². The average molecular weight is 377 g/mol. The van der Waals surface area contributed by atoms with Crippen LogP contribution in [0.1, 0.15) is 31.2 Å². The van der Waals surface area contributed by atoms with E-state index in [1.54, 1.807) is 4.90 Å². The summed E-state index contributed by atoms with van der Waals surface area (Å²) in [6.45, 7) is 5.09. The molecule has 28 heavy (non-hydrogen) atoms. The SMILES string of the molecule is Cc1ccc2ncccc2c1NC1CCN(CC(=O)N2CCC[C@H]2C#N)CC1. The number of carbonyl (C=O) groups is 1. The minimum atomic E-state index is -0.227. The van der Waals surface area contributed by atoms with Crippen LogP contribution in [-0.4, -0.2) is 59.0 Å². The maximum atomic E-state index is 12.6. The first kappa shape index (κ1) is 18.7. The van der Waals surface area contributed by atoms with Gasteiger partial charge in [-0.3, -0.25) is 14.7 Å². The zero-order valence-electron chi connectivity index (χ0n) is 16.4. The molecule has 1 aromatic heterocycles. The van der Waals surface area contributed by atoms with E-state index in [1.165, 1.54) is 11.3 Å². The molecule has 3 heterocycles. The van der Waals surface area contributed by atoms with Gasteiger partial charge in [0.2, 0.25) is 5.91 Å². The molecule has 2 aliphatic heterocycles. The molecule has 2 aliphatic rings. The van der Waals surface area contributed by atoms with Gasteiger partial charge in [-0.2, -0.15) is 5.26 Å². The molecule has 6 heteroatoms. The molecule has 0 saturated carbocycles. The van der Waals surface area contributed by atoms with Crippen LogP contribution in [0.5, 0.6) is 0 Å². The highest BCUT2D eigenvalue weighted by Gasteiger charge is 2.30. The molecule has 2 saturated heterocycles. The number of carbonyl (C=O) groups excluding carboxylic acids is 1. The van der Waals surface area contributed by atoms with E-state index in [2.05, 4.69) is 46.4 Å². The van der Waals surface area contributed by atoms with Crippen molar-refractivity contribution in [2.24, 2.45) is 0 Å². The molecule has 1 N–H and O–H groups in total. The number of anilines is 1. The smallest absolute Gasteiger partial charge is 0.237 e. The third-order valence-corrected chi connectivity index (χ3v) is 6.01. The van der Waals surface area contributed by atoms with E-state index in [-0.39, 0.29) is 11.9 Å². The Bertz CT molecular complexity index is 897. The van der Waals surface area contributed by atoms with Gasteiger partial charge in [0.05, 0.1) is 18.1 Å². The van der Waals surface area contributed by atoms with Gasteiger partial charge < -0.3 is 10.2 Å². The van der Waals surface area contributed by atoms with Crippen LogP contribution in [0, 0.1) is 18.3 Å². The van der Waals surface area contributed by atoms with Crippen LogP contribution >= 0.6 is 0 Å². The highest BCUT2D eigenvalue weighted by Crippen LogP contribution is 2.28. The third kappa shape index (κ3) is 3.81. The maximum Gasteiger partial charge on any atom is 0.237 e. The van der Waals surface area contributed by atoms with Crippen molar-refractivity contribution in [1.29, 1.82) is 5.26 Å². The fraction of sp³-hybridized carbons (Fsp3) is 0.500. The van der Waals surface area contributed by atoms with Gasteiger partial charge >= 0.3 is 0 Å². The van der Waals surface area contributed by atoms with Gasteiger partial charge in [-0.05, 0) is 56.4 Å². The molecule has 1 amide bonds. The second-order valence-corrected chi connectivity index (χ2v) is 7.90. The van der Waals surface area contributed by atoms with E-state index in [9.17, 15) is 10.1 Å². The van der Waals surface area contributed by atoms with Crippen LogP contribution < -0.4 is 5.32 Å². The Morgan fingerprint density at radius 1 is 1.25 bits per heavy atom. The van der Waals surface area contributed by atoms with E-state index in [0.717, 1.165) is 56.2 Å². The van der Waals surface area contributed by atoms with E-state index < -0.39 is 0 Å². The topological polar surface area (TPSA) is 72.3 Å². The molecule has 0 aliphatic carbocycles. The number of aromatic nitrogens is 1. The van der Waals surface area contributed by atoms with Gasteiger partial charge in [-0.1, -0.05) is 6.07 Å². The summed E-state index contributed by atoms with van der Waals surface area (Å²) in [5.74, 6) is 0.103. The van der Waals surface area contributed by atoms with Crippen molar-refractivity contribution >= 4 is 22.5 Å². The Labute approximate surface area is 166 Å². The number of nitrogens with zero attached hydrogens (tertiary/aromatic N) is 4. The summed E-state index contributed by atoms with van der Waals surface area (Å²) in [6.07, 6.45) is 5.59. The Balaban J connectivity index is 1.35. The van der Waals surface area contributed by atoms with Crippen LogP contribution in [0.25, 0.3) is 10.9 Å². The summed E-state index contributed by atoms with van der Waals surface area (Å²) in [4.78, 5) is 21.0. The van der Waals surface area contributed by atoms with Gasteiger partial charge in [0.15, 0.2) is 0 Å². The number of rotatable bonds is 4. The first-order chi connectivity index (χ1) is 13.7. The number of piperidine rings is 1. The molecule has 1 aromatic carbocycles. The number of nitrogens with one attached hydrogen (secondary N) is 1. The number of hydrogen-bond acceptors (Lipinski definition) is 5. The molecule has 0 bridgehead atoms. The lowest BCUT2D eigenvalue weighted by Gasteiger charge is -2.34. The summed E-state index contributed by atoms with van der Waals surface area (Å²) in [5.41, 5.74) is 3.42. The van der Waals surface area contributed by atoms with Crippen molar-refractivity contribution in [2.45, 2.75) is 44.7 Å². The fourth-order valence-electron chi connectivity index (χ4n) is 4.37. The zero-order chi connectivity index (χ0) is 19.5. The second-order valence-electron chi connectivity index (χ2n) is 7.90. The summed E-state index contributed by atoms with van der Waals surface area (Å²) in [5, 5.41) is 14.1. The van der Waals surface area contributed by atoms with E-state index in [1.807, 2.05) is 12.3 Å². The van der Waals surface area contributed by atoms with Gasteiger partial charge in [0.1, 0.15) is 6.04 Å². The number of aryl methyl sites for hydroxylation is 1. The van der Waals surface area contributed by atoms with Crippen LogP contribution in [0.4, 0.5) is 5.69 Å². The number of pyridine rings is 1. The quantitative estimate of drug-likeness (QED) is 0.887. The first-order valence-electron chi connectivity index (χ1n) is 10.2. The van der Waals surface area contributed by atoms with Gasteiger partial charge in [-0.25, -0.2) is 0 Å². The lowest BCUT2D eigenvalue weighted by atomic mass is 10.0. The van der Waals surface area contributed by atoms with Crippen LogP contribution in [-0.2, 0) is 4.79 Å². The Morgan fingerprint density at radius 3 is 2.86 bits per heavy atom. The van der Waals surface area contributed by atoms with Crippen LogP contribution in [0.2, 0.25) is 0 Å². The second kappa shape index (κ2) is 8.15. The van der Waals surface area contributed by atoms with Crippen molar-refractivity contribution < 1.29 is 4.79 Å². The monoisotopic (exact) mass is 377 g/mol. The Hall–Kier alpha value is -2.65. The van der Waals surface area contributed by atoms with Gasteiger partial charge in [-0.15, -0.1) is 0 Å². The van der Waals surface area contributed by atoms with Crippen molar-refractivity contribution in [3.63, 3.8) is 0 Å². The molecule has 146 valence electrons. The summed E-state index contributed by atoms with van der Waals surface area (Å²) in [6, 6.07) is 10.7. The number of likely N-dealkylation sites (tertiary alicyclic amines) is 2. The zero-order valence-corrected chi connectivity index (χ0v) is 16.4. The van der Waals surface area contributed by atoms with Crippen LogP contribution in [0.3, 0.4) is 0 Å². The fourth-order valence-corrected chi connectivity index (χ4v) is 4.37. The lowest BCUT2D eigenvalue weighted by molar-refractivity contribution is -0.132. The first-order valence-corrected chi connectivity index (χ1v) is 10.2. The molecule has 6 nitrogen and oxygen atoms in total. The molecule has 1 atom stereocenters. The van der Waals surface area contributed by atoms with Gasteiger partial charge in [0.25, 0.3) is 0 Å². The summed E-state index contributed by atoms with van der Waals surface area (Å²) >= 11 is 0. The standard InChI is InChI=1S/C22H27N5O/c1-16-6-7-20-19(5-2-10-24-20)22(16)25-17-8-12-26(13-9-17)15-21(28)27-11-3-4-18(27)14-23/h2,5-7,10,17-18,25H,3-4,8-9,11-13,15H2,1H3/t18-/m0/s1. The molecule has 2 fully saturated rings. The molecule has 0 radical (unpaired) electrons. The minimum absolute atomic E-state index is 0.103. The van der Waals surface area contributed by atoms with Crippen molar-refractivity contribution in [1.82, 2.24) is 14.8 Å². The molecule has 2 aromatic rings. The molecule has 0 unspecified atom stereocenters. The van der Waals surface area contributed by atoms with Crippen LogP contribution in [0.15, 0.2) is 30.5 Å². The number of amides is 1. The van der Waals surface area contributed by atoms with Crippen molar-refractivity contribution in [3.8, 4) is 6.07 Å². The number of benzene rings is 1. The van der Waals surface area contributed by atoms with Crippen molar-refractivity contribution in [2.75, 3.05) is 31.5 Å². The lowest BCUT2D eigenvalue weighted by Crippen LogP contribution is -2.46. The van der Waals surface area contributed by atoms with Crippen molar-refractivity contribution in [3.05, 3.63) is 36.0 Å². The molecule has 4 rings (SSSR count). The normalized spacial score (nSPS) is 21.0. The maximum absolute atomic E-state index is 12.6. The highest BCUT2D eigenvalue weighted by molar-refractivity contribution is 5.93. The summed E-state index contributed by atoms with van der Waals surface area (Å²) < 4.78 is 0. The molecular weight excluding hydrogens is 350 g/mol. The molecular formula is C22H27N5O. The predicted molar refractivity (Wildman–Crippen MR) is 110 cm³/mol. The Kier molecular flexibility index (Phi) is 5.45. The Morgan fingerprint density at radius 2 is 2.07 bits per heavy atom. The summed E-state index contributed by atoms with van der Waals surface area (Å²) in [7, 11) is 0. The number of hydrogen-bond donors (Lipinski definition) is 1. The highest BCUT2D eigenvalue weighted by atomic mass is 16.2. The average Bonchev–Trinajstić information content (AvgIpc) is 3.20. The minimum Gasteiger partial charge on any atom is -0.381 e. The number of nitriles is 1. The largest absolute Gasteiger partial charge is 0.381 e. The number of fused-ring (bicyclic) bond motifs is 1. The molecule has 0 spiro atoms. The van der Waals surface area contributed by atoms with E-state index in [4.69, 9.17) is 0 Å².